The number of fused-ring (bicyclic) bond motifs is 7. The van der Waals surface area contributed by atoms with Crippen molar-refractivity contribution < 1.29 is 0 Å². The van der Waals surface area contributed by atoms with Gasteiger partial charge in [-0.15, -0.1) is 0 Å². The monoisotopic (exact) mass is 918 g/mol. The lowest BCUT2D eigenvalue weighted by Crippen LogP contribution is -2.10. The zero-order valence-corrected chi connectivity index (χ0v) is 40.0. The molecule has 1 aliphatic carbocycles. The second-order valence-electron chi connectivity index (χ2n) is 19.4. The fourth-order valence-electron chi connectivity index (χ4n) is 12.1. The molecule has 340 valence electrons. The van der Waals surface area contributed by atoms with E-state index in [-0.39, 0.29) is 0 Å². The number of benzene rings is 12. The molecule has 14 rings (SSSR count). The largest absolute Gasteiger partial charge is 0.310 e. The van der Waals surface area contributed by atoms with E-state index in [1.54, 1.807) is 0 Å². The van der Waals surface area contributed by atoms with Gasteiger partial charge in [-0.25, -0.2) is 0 Å². The smallest absolute Gasteiger partial charge is 0.0542 e. The van der Waals surface area contributed by atoms with E-state index in [9.17, 15) is 0 Å². The predicted molar refractivity (Wildman–Crippen MR) is 306 cm³/mol. The molecule has 1 aromatic heterocycles. The Kier molecular flexibility index (Phi) is 10.2. The third kappa shape index (κ3) is 7.01. The van der Waals surface area contributed by atoms with Crippen LogP contribution in [-0.4, -0.2) is 4.57 Å². The summed E-state index contributed by atoms with van der Waals surface area (Å²) in [5.41, 5.74) is 19.9. The van der Waals surface area contributed by atoms with Crippen molar-refractivity contribution >= 4 is 71.2 Å². The molecule has 0 saturated carbocycles. The third-order valence-corrected chi connectivity index (χ3v) is 15.4. The summed E-state index contributed by atoms with van der Waals surface area (Å²) in [6.07, 6.45) is 4.81. The molecule has 0 spiro atoms. The van der Waals surface area contributed by atoms with Crippen molar-refractivity contribution in [1.29, 1.82) is 0 Å². The van der Waals surface area contributed by atoms with Gasteiger partial charge in [0.25, 0.3) is 0 Å². The summed E-state index contributed by atoms with van der Waals surface area (Å²) in [7, 11) is 0. The molecule has 0 atom stereocenters. The number of aromatic nitrogens is 1. The maximum atomic E-state index is 2.46. The van der Waals surface area contributed by atoms with Gasteiger partial charge >= 0.3 is 0 Å². The first kappa shape index (κ1) is 41.9. The van der Waals surface area contributed by atoms with Crippen LogP contribution in [0.4, 0.5) is 17.1 Å². The first-order chi connectivity index (χ1) is 35.7. The highest BCUT2D eigenvalue weighted by molar-refractivity contribution is 6.21. The molecule has 0 fully saturated rings. The summed E-state index contributed by atoms with van der Waals surface area (Å²) in [6.45, 7) is 0. The van der Waals surface area contributed by atoms with E-state index in [1.807, 2.05) is 0 Å². The van der Waals surface area contributed by atoms with Crippen molar-refractivity contribution in [3.05, 3.63) is 266 Å². The molecular weight excluding hydrogens is 869 g/mol. The van der Waals surface area contributed by atoms with Crippen LogP contribution in [0, 0.1) is 0 Å². The zero-order chi connectivity index (χ0) is 47.5. The highest BCUT2D eigenvalue weighted by atomic mass is 15.1. The van der Waals surface area contributed by atoms with Crippen LogP contribution in [0.1, 0.15) is 24.0 Å². The Balaban J connectivity index is 0.958. The minimum atomic E-state index is 1.09. The molecular formula is C70H50N2. The van der Waals surface area contributed by atoms with Crippen molar-refractivity contribution in [2.75, 3.05) is 4.90 Å². The number of aryl methyl sites for hydroxylation is 1. The maximum Gasteiger partial charge on any atom is 0.0542 e. The SMILES string of the molecule is c1ccc(-c2c3ccccc3c(-c3ccc(N(c4ccc(-c5cccc6ccccc56)cc4)c4ccc5c(c4)c4cc(-c6cccc7c6CCCC7)ccc4n5-c4ccccc4)cc3)c3ccccc23)cc1. The zero-order valence-electron chi connectivity index (χ0n) is 40.0. The lowest BCUT2D eigenvalue weighted by molar-refractivity contribution is 0.687. The summed E-state index contributed by atoms with van der Waals surface area (Å²) >= 11 is 0. The van der Waals surface area contributed by atoms with Gasteiger partial charge in [-0.05, 0) is 180 Å². The van der Waals surface area contributed by atoms with Gasteiger partial charge in [0.05, 0.1) is 11.0 Å². The quantitative estimate of drug-likeness (QED) is 0.138. The molecule has 1 aliphatic rings. The van der Waals surface area contributed by atoms with Gasteiger partial charge in [-0.3, -0.25) is 0 Å². The molecule has 0 saturated heterocycles. The van der Waals surface area contributed by atoms with Crippen LogP contribution in [0.5, 0.6) is 0 Å². The number of hydrogen-bond donors (Lipinski definition) is 0. The van der Waals surface area contributed by atoms with Crippen LogP contribution in [0.3, 0.4) is 0 Å². The van der Waals surface area contributed by atoms with Gasteiger partial charge in [0.1, 0.15) is 0 Å². The van der Waals surface area contributed by atoms with Crippen molar-refractivity contribution in [1.82, 2.24) is 4.57 Å². The first-order valence-electron chi connectivity index (χ1n) is 25.5. The third-order valence-electron chi connectivity index (χ3n) is 15.4. The molecule has 0 bridgehead atoms. The van der Waals surface area contributed by atoms with Crippen LogP contribution < -0.4 is 4.90 Å². The summed E-state index contributed by atoms with van der Waals surface area (Å²) in [6, 6.07) is 94.4. The molecule has 0 unspecified atom stereocenters. The molecule has 12 aromatic carbocycles. The normalized spacial score (nSPS) is 12.5. The highest BCUT2D eigenvalue weighted by Crippen LogP contribution is 2.46. The molecule has 72 heavy (non-hydrogen) atoms. The predicted octanol–water partition coefficient (Wildman–Crippen LogP) is 19.3. The number of nitrogens with zero attached hydrogens (tertiary/aromatic N) is 2. The lowest BCUT2D eigenvalue weighted by atomic mass is 9.86. The van der Waals surface area contributed by atoms with Gasteiger partial charge in [-0.2, -0.15) is 0 Å². The molecule has 0 N–H and O–H groups in total. The minimum absolute atomic E-state index is 1.09. The van der Waals surface area contributed by atoms with Gasteiger partial charge in [0, 0.05) is 33.5 Å². The number of para-hydroxylation sites is 1. The van der Waals surface area contributed by atoms with Crippen LogP contribution in [0.2, 0.25) is 0 Å². The molecule has 13 aromatic rings. The Labute approximate surface area is 420 Å². The van der Waals surface area contributed by atoms with E-state index in [2.05, 4.69) is 264 Å². The van der Waals surface area contributed by atoms with Crippen LogP contribution in [-0.2, 0) is 12.8 Å². The van der Waals surface area contributed by atoms with Crippen molar-refractivity contribution in [3.63, 3.8) is 0 Å². The standard InChI is InChI=1S/C70H50N2/c1-3-19-50(20-4-1)69-61-27-11-13-29-63(61)70(64-30-14-12-28-62(64)69)51-35-40-55(41-36-51)71(54-38-33-49(34-39-54)59-31-15-21-47-17-7-9-25-57(47)59)56-42-44-68-66(46-56)65-45-52(60-32-16-22-48-18-8-10-26-58(48)60)37-43-67(65)72(68)53-23-5-2-6-24-53/h1-7,9,11-17,19-25,27-46H,8,10,18,26H2. The topological polar surface area (TPSA) is 8.17 Å². The number of anilines is 3. The van der Waals surface area contributed by atoms with Crippen LogP contribution in [0.25, 0.3) is 104 Å². The van der Waals surface area contributed by atoms with Gasteiger partial charge in [-0.1, -0.05) is 188 Å². The van der Waals surface area contributed by atoms with E-state index in [1.165, 1.54) is 123 Å². The average Bonchev–Trinajstić information content (AvgIpc) is 3.78. The van der Waals surface area contributed by atoms with Gasteiger partial charge in [0.15, 0.2) is 0 Å². The fraction of sp³-hybridized carbons (Fsp3) is 0.0571. The van der Waals surface area contributed by atoms with E-state index < -0.39 is 0 Å². The Hall–Kier alpha value is -8.98. The summed E-state index contributed by atoms with van der Waals surface area (Å²) in [5, 5.41) is 9.99. The second-order valence-corrected chi connectivity index (χ2v) is 19.4. The molecule has 0 aliphatic heterocycles. The number of hydrogen-bond acceptors (Lipinski definition) is 1. The summed E-state index contributed by atoms with van der Waals surface area (Å²) < 4.78 is 2.44. The van der Waals surface area contributed by atoms with Crippen molar-refractivity contribution in [2.24, 2.45) is 0 Å². The molecule has 1 heterocycles. The maximum absolute atomic E-state index is 2.46. The van der Waals surface area contributed by atoms with Gasteiger partial charge in [0.2, 0.25) is 0 Å². The van der Waals surface area contributed by atoms with Crippen LogP contribution in [0.15, 0.2) is 255 Å². The highest BCUT2D eigenvalue weighted by Gasteiger charge is 2.22. The van der Waals surface area contributed by atoms with Crippen molar-refractivity contribution in [3.8, 4) is 50.2 Å². The average molecular weight is 919 g/mol. The molecule has 2 nitrogen and oxygen atoms in total. The van der Waals surface area contributed by atoms with Gasteiger partial charge < -0.3 is 9.47 Å². The fourth-order valence-corrected chi connectivity index (χ4v) is 12.1. The van der Waals surface area contributed by atoms with Crippen LogP contribution >= 0.6 is 0 Å². The minimum Gasteiger partial charge on any atom is -0.310 e. The Morgan fingerprint density at radius 2 is 0.792 bits per heavy atom. The molecule has 0 radical (unpaired) electrons. The second kappa shape index (κ2) is 17.5. The van der Waals surface area contributed by atoms with E-state index in [4.69, 9.17) is 0 Å². The van der Waals surface area contributed by atoms with E-state index in [0.717, 1.165) is 35.6 Å². The van der Waals surface area contributed by atoms with Crippen molar-refractivity contribution in [2.45, 2.75) is 25.7 Å². The number of rotatable bonds is 8. The molecule has 0 amide bonds. The first-order valence-corrected chi connectivity index (χ1v) is 25.5. The Morgan fingerprint density at radius 1 is 0.306 bits per heavy atom. The summed E-state index contributed by atoms with van der Waals surface area (Å²) in [5.74, 6) is 0. The molecule has 2 heteroatoms. The Morgan fingerprint density at radius 3 is 1.47 bits per heavy atom. The summed E-state index contributed by atoms with van der Waals surface area (Å²) in [4.78, 5) is 2.44. The lowest BCUT2D eigenvalue weighted by Gasteiger charge is -2.26. The Bertz CT molecular complexity index is 4120. The van der Waals surface area contributed by atoms with E-state index in [0.29, 0.717) is 0 Å². The van der Waals surface area contributed by atoms with E-state index >= 15 is 0 Å².